The predicted molar refractivity (Wildman–Crippen MR) is 82.8 cm³/mol. The molecule has 1 aromatic carbocycles. The third-order valence-corrected chi connectivity index (χ3v) is 4.20. The van der Waals surface area contributed by atoms with Gasteiger partial charge in [-0.3, -0.25) is 24.6 Å². The largest absolute Gasteiger partial charge is 0.329 e. The van der Waals surface area contributed by atoms with Crippen molar-refractivity contribution in [2.45, 2.75) is 32.2 Å². The zero-order valence-corrected chi connectivity index (χ0v) is 12.9. The van der Waals surface area contributed by atoms with Gasteiger partial charge in [0.25, 0.3) is 5.69 Å². The molecule has 124 valence electrons. The number of amides is 3. The Labute approximate surface area is 137 Å². The molecule has 0 spiro atoms. The van der Waals surface area contributed by atoms with E-state index >= 15 is 0 Å². The molecule has 1 aromatic rings. The SMILES string of the molecule is CC(=O)N1C(=O)NC2=C(C(=O)CCC2)[C@H]1c1cccc([N+](=O)[O-])c1. The fraction of sp³-hybridized carbons (Fsp3) is 0.312. The average Bonchev–Trinajstić information content (AvgIpc) is 2.53. The molecule has 1 aliphatic heterocycles. The molecule has 0 saturated heterocycles. The van der Waals surface area contributed by atoms with Gasteiger partial charge < -0.3 is 5.32 Å². The van der Waals surface area contributed by atoms with Gasteiger partial charge in [-0.05, 0) is 18.4 Å². The van der Waals surface area contributed by atoms with E-state index in [1.54, 1.807) is 6.07 Å². The second-order valence-electron chi connectivity index (χ2n) is 5.74. The van der Waals surface area contributed by atoms with Crippen molar-refractivity contribution in [3.05, 3.63) is 51.2 Å². The van der Waals surface area contributed by atoms with Crippen LogP contribution in [0.25, 0.3) is 0 Å². The van der Waals surface area contributed by atoms with Crippen LogP contribution in [-0.2, 0) is 9.59 Å². The molecule has 8 heteroatoms. The second-order valence-corrected chi connectivity index (χ2v) is 5.74. The number of non-ortho nitro benzene ring substituents is 1. The summed E-state index contributed by atoms with van der Waals surface area (Å²) < 4.78 is 0. The number of rotatable bonds is 2. The van der Waals surface area contributed by atoms with Crippen molar-refractivity contribution in [3.63, 3.8) is 0 Å². The van der Waals surface area contributed by atoms with Crippen molar-refractivity contribution < 1.29 is 19.3 Å². The van der Waals surface area contributed by atoms with Crippen molar-refractivity contribution >= 4 is 23.4 Å². The predicted octanol–water partition coefficient (Wildman–Crippen LogP) is 2.21. The number of nitro benzene ring substituents is 1. The molecule has 0 fully saturated rings. The molecule has 0 saturated carbocycles. The molecule has 3 rings (SSSR count). The molecule has 24 heavy (non-hydrogen) atoms. The summed E-state index contributed by atoms with van der Waals surface area (Å²) in [5.74, 6) is -0.687. The van der Waals surface area contributed by atoms with Crippen molar-refractivity contribution in [3.8, 4) is 0 Å². The molecule has 0 unspecified atom stereocenters. The highest BCUT2D eigenvalue weighted by molar-refractivity contribution is 6.04. The van der Waals surface area contributed by atoms with E-state index in [4.69, 9.17) is 0 Å². The summed E-state index contributed by atoms with van der Waals surface area (Å²) in [5, 5.41) is 13.6. The van der Waals surface area contributed by atoms with Gasteiger partial charge >= 0.3 is 6.03 Å². The maximum atomic E-state index is 12.4. The summed E-state index contributed by atoms with van der Waals surface area (Å²) in [7, 11) is 0. The van der Waals surface area contributed by atoms with E-state index in [0.29, 0.717) is 36.1 Å². The standard InChI is InChI=1S/C16H15N3O5/c1-9(20)18-15(10-4-2-5-11(8-10)19(23)24)14-12(17-16(18)22)6-3-7-13(14)21/h2,4-5,8,15H,3,6-7H2,1H3,(H,17,22)/t15-/m1/s1. The summed E-state index contributed by atoms with van der Waals surface area (Å²) >= 11 is 0. The van der Waals surface area contributed by atoms with Crippen molar-refractivity contribution in [2.24, 2.45) is 0 Å². The van der Waals surface area contributed by atoms with Crippen LogP contribution in [-0.4, -0.2) is 27.5 Å². The number of benzene rings is 1. The van der Waals surface area contributed by atoms with Gasteiger partial charge in [0.2, 0.25) is 5.91 Å². The number of nitro groups is 1. The normalized spacial score (nSPS) is 20.5. The minimum Gasteiger partial charge on any atom is -0.311 e. The fourth-order valence-corrected chi connectivity index (χ4v) is 3.20. The monoisotopic (exact) mass is 329 g/mol. The molecular weight excluding hydrogens is 314 g/mol. The average molecular weight is 329 g/mol. The Bertz CT molecular complexity index is 799. The van der Waals surface area contributed by atoms with Crippen molar-refractivity contribution in [1.82, 2.24) is 10.2 Å². The Hall–Kier alpha value is -3.03. The Balaban J connectivity index is 2.20. The van der Waals surface area contributed by atoms with Crippen LogP contribution >= 0.6 is 0 Å². The fourth-order valence-electron chi connectivity index (χ4n) is 3.20. The summed E-state index contributed by atoms with van der Waals surface area (Å²) in [5.41, 5.74) is 1.06. The number of nitrogens with zero attached hydrogens (tertiary/aromatic N) is 2. The highest BCUT2D eigenvalue weighted by Gasteiger charge is 2.42. The van der Waals surface area contributed by atoms with E-state index in [2.05, 4.69) is 5.32 Å². The van der Waals surface area contributed by atoms with Crippen LogP contribution in [0.5, 0.6) is 0 Å². The minimum atomic E-state index is -0.932. The Morgan fingerprint density at radius 3 is 2.75 bits per heavy atom. The maximum absolute atomic E-state index is 12.4. The van der Waals surface area contributed by atoms with E-state index in [-0.39, 0.29) is 11.5 Å². The van der Waals surface area contributed by atoms with Gasteiger partial charge in [0, 0.05) is 36.7 Å². The van der Waals surface area contributed by atoms with Crippen molar-refractivity contribution in [1.29, 1.82) is 0 Å². The number of hydrogen-bond donors (Lipinski definition) is 1. The summed E-state index contributed by atoms with van der Waals surface area (Å²) in [4.78, 5) is 48.2. The number of urea groups is 1. The molecular formula is C16H15N3O5. The number of carbonyl (C=O) groups excluding carboxylic acids is 3. The molecule has 0 radical (unpaired) electrons. The smallest absolute Gasteiger partial charge is 0.311 e. The van der Waals surface area contributed by atoms with E-state index in [9.17, 15) is 24.5 Å². The lowest BCUT2D eigenvalue weighted by molar-refractivity contribution is -0.384. The highest BCUT2D eigenvalue weighted by atomic mass is 16.6. The first-order valence-corrected chi connectivity index (χ1v) is 7.51. The first kappa shape index (κ1) is 15.9. The van der Waals surface area contributed by atoms with Gasteiger partial charge in [-0.25, -0.2) is 4.79 Å². The lowest BCUT2D eigenvalue weighted by Gasteiger charge is -2.38. The Morgan fingerprint density at radius 1 is 1.33 bits per heavy atom. The zero-order chi connectivity index (χ0) is 17.4. The number of carbonyl (C=O) groups is 3. The maximum Gasteiger partial charge on any atom is 0.329 e. The first-order chi connectivity index (χ1) is 11.4. The van der Waals surface area contributed by atoms with E-state index in [1.165, 1.54) is 25.1 Å². The molecule has 0 aromatic heterocycles. The topological polar surface area (TPSA) is 110 Å². The van der Waals surface area contributed by atoms with E-state index in [0.717, 1.165) is 4.90 Å². The van der Waals surface area contributed by atoms with Gasteiger partial charge in [0.1, 0.15) is 0 Å². The Morgan fingerprint density at radius 2 is 2.08 bits per heavy atom. The van der Waals surface area contributed by atoms with Crippen LogP contribution < -0.4 is 5.32 Å². The number of hydrogen-bond acceptors (Lipinski definition) is 5. The molecule has 3 amide bonds. The van der Waals surface area contributed by atoms with Gasteiger partial charge in [-0.2, -0.15) is 0 Å². The molecule has 1 heterocycles. The molecule has 1 aliphatic carbocycles. The zero-order valence-electron chi connectivity index (χ0n) is 12.9. The third kappa shape index (κ3) is 2.55. The molecule has 1 N–H and O–H groups in total. The van der Waals surface area contributed by atoms with Gasteiger partial charge in [0.05, 0.1) is 11.0 Å². The molecule has 0 bridgehead atoms. The van der Waals surface area contributed by atoms with Crippen LogP contribution in [0.1, 0.15) is 37.8 Å². The lowest BCUT2D eigenvalue weighted by Crippen LogP contribution is -2.51. The second kappa shape index (κ2) is 5.88. The molecule has 1 atom stereocenters. The lowest BCUT2D eigenvalue weighted by atomic mass is 9.84. The quantitative estimate of drug-likeness (QED) is 0.661. The van der Waals surface area contributed by atoms with Gasteiger partial charge in [-0.15, -0.1) is 0 Å². The number of imide groups is 1. The number of Topliss-reactive ketones (excluding diaryl/α,β-unsaturated/α-hetero) is 1. The van der Waals surface area contributed by atoms with E-state index < -0.39 is 22.9 Å². The number of allylic oxidation sites excluding steroid dienone is 1. The molecule has 8 nitrogen and oxygen atoms in total. The highest BCUT2D eigenvalue weighted by Crippen LogP contribution is 2.39. The van der Waals surface area contributed by atoms with Crippen molar-refractivity contribution in [2.75, 3.05) is 0 Å². The summed E-state index contributed by atoms with van der Waals surface area (Å²) in [6, 6.07) is 4.13. The third-order valence-electron chi connectivity index (χ3n) is 4.20. The van der Waals surface area contributed by atoms with Gasteiger partial charge in [-0.1, -0.05) is 12.1 Å². The minimum absolute atomic E-state index is 0.154. The van der Waals surface area contributed by atoms with Crippen LogP contribution in [0, 0.1) is 10.1 Å². The van der Waals surface area contributed by atoms with Crippen LogP contribution in [0.3, 0.4) is 0 Å². The Kier molecular flexibility index (Phi) is 3.88. The molecule has 2 aliphatic rings. The van der Waals surface area contributed by atoms with Crippen LogP contribution in [0.4, 0.5) is 10.5 Å². The number of nitrogens with one attached hydrogen (secondary N) is 1. The number of ketones is 1. The van der Waals surface area contributed by atoms with Gasteiger partial charge in [0.15, 0.2) is 5.78 Å². The summed E-state index contributed by atoms with van der Waals surface area (Å²) in [6.45, 7) is 1.22. The van der Waals surface area contributed by atoms with E-state index in [1.807, 2.05) is 0 Å². The summed E-state index contributed by atoms with van der Waals surface area (Å²) in [6.07, 6.45) is 1.48. The first-order valence-electron chi connectivity index (χ1n) is 7.51. The van der Waals surface area contributed by atoms with Crippen LogP contribution in [0.2, 0.25) is 0 Å². The van der Waals surface area contributed by atoms with Crippen LogP contribution in [0.15, 0.2) is 35.5 Å².